The highest BCUT2D eigenvalue weighted by Gasteiger charge is 2.18. The van der Waals surface area contributed by atoms with Gasteiger partial charge in [0.15, 0.2) is 5.82 Å². The molecule has 6 nitrogen and oxygen atoms in total. The zero-order chi connectivity index (χ0) is 13.9. The van der Waals surface area contributed by atoms with Gasteiger partial charge in [0, 0.05) is 31.0 Å². The van der Waals surface area contributed by atoms with Crippen LogP contribution in [0.3, 0.4) is 0 Å². The Morgan fingerprint density at radius 3 is 3.15 bits per heavy atom. The Balaban J connectivity index is 1.80. The molecule has 0 amide bonds. The second-order valence-electron chi connectivity index (χ2n) is 4.98. The van der Waals surface area contributed by atoms with Crippen molar-refractivity contribution < 1.29 is 9.13 Å². The molecule has 20 heavy (non-hydrogen) atoms. The SMILES string of the molecule is Nc1ccc(F)cc1-c1nnnn1CCC1CCOC1. The van der Waals surface area contributed by atoms with E-state index in [0.717, 1.165) is 26.1 Å². The van der Waals surface area contributed by atoms with E-state index in [0.29, 0.717) is 29.5 Å². The van der Waals surface area contributed by atoms with Gasteiger partial charge in [0.05, 0.1) is 0 Å². The molecule has 0 saturated carbocycles. The summed E-state index contributed by atoms with van der Waals surface area (Å²) in [5, 5.41) is 11.6. The van der Waals surface area contributed by atoms with Crippen molar-refractivity contribution in [3.8, 4) is 11.4 Å². The highest BCUT2D eigenvalue weighted by Crippen LogP contribution is 2.25. The number of ether oxygens (including phenoxy) is 1. The molecule has 7 heteroatoms. The third-order valence-electron chi connectivity index (χ3n) is 3.56. The number of aromatic nitrogens is 4. The molecule has 106 valence electrons. The molecule has 1 aliphatic heterocycles. The van der Waals surface area contributed by atoms with Crippen molar-refractivity contribution in [3.63, 3.8) is 0 Å². The highest BCUT2D eigenvalue weighted by molar-refractivity contribution is 5.71. The standard InChI is InChI=1S/C13H16FN5O/c14-10-1-2-12(15)11(7-10)13-16-17-18-19(13)5-3-9-4-6-20-8-9/h1-2,7,9H,3-6,8,15H2. The molecule has 1 saturated heterocycles. The van der Waals surface area contributed by atoms with Gasteiger partial charge in [-0.2, -0.15) is 0 Å². The van der Waals surface area contributed by atoms with Gasteiger partial charge in [-0.05, 0) is 47.4 Å². The summed E-state index contributed by atoms with van der Waals surface area (Å²) >= 11 is 0. The molecule has 0 radical (unpaired) electrons. The van der Waals surface area contributed by atoms with E-state index >= 15 is 0 Å². The highest BCUT2D eigenvalue weighted by atomic mass is 19.1. The van der Waals surface area contributed by atoms with Crippen molar-refractivity contribution in [2.75, 3.05) is 18.9 Å². The van der Waals surface area contributed by atoms with Gasteiger partial charge in [-0.15, -0.1) is 5.10 Å². The Morgan fingerprint density at radius 1 is 1.45 bits per heavy atom. The number of rotatable bonds is 4. The lowest BCUT2D eigenvalue weighted by molar-refractivity contribution is 0.183. The first-order chi connectivity index (χ1) is 9.74. The molecule has 1 fully saturated rings. The number of hydrogen-bond donors (Lipinski definition) is 1. The van der Waals surface area contributed by atoms with Crippen molar-refractivity contribution in [3.05, 3.63) is 24.0 Å². The van der Waals surface area contributed by atoms with Gasteiger partial charge in [-0.3, -0.25) is 0 Å². The second kappa shape index (κ2) is 5.54. The largest absolute Gasteiger partial charge is 0.398 e. The fourth-order valence-corrected chi connectivity index (χ4v) is 2.39. The predicted octanol–water partition coefficient (Wildman–Crippen LogP) is 1.49. The first-order valence-electron chi connectivity index (χ1n) is 6.63. The van der Waals surface area contributed by atoms with Crippen LogP contribution in [0.15, 0.2) is 18.2 Å². The molecule has 3 rings (SSSR count). The van der Waals surface area contributed by atoms with Gasteiger partial charge in [0.25, 0.3) is 0 Å². The summed E-state index contributed by atoms with van der Waals surface area (Å²) in [5.74, 6) is 0.686. The van der Waals surface area contributed by atoms with E-state index in [1.165, 1.54) is 18.2 Å². The van der Waals surface area contributed by atoms with Gasteiger partial charge >= 0.3 is 0 Å². The summed E-state index contributed by atoms with van der Waals surface area (Å²) in [4.78, 5) is 0. The summed E-state index contributed by atoms with van der Waals surface area (Å²) in [7, 11) is 0. The summed E-state index contributed by atoms with van der Waals surface area (Å²) < 4.78 is 20.4. The van der Waals surface area contributed by atoms with Crippen LogP contribution in [0.25, 0.3) is 11.4 Å². The Hall–Kier alpha value is -2.02. The van der Waals surface area contributed by atoms with Crippen molar-refractivity contribution in [2.45, 2.75) is 19.4 Å². The Bertz CT molecular complexity index is 594. The van der Waals surface area contributed by atoms with E-state index in [-0.39, 0.29) is 5.82 Å². The fourth-order valence-electron chi connectivity index (χ4n) is 2.39. The van der Waals surface area contributed by atoms with Crippen LogP contribution in [-0.4, -0.2) is 33.4 Å². The lowest BCUT2D eigenvalue weighted by atomic mass is 10.1. The zero-order valence-electron chi connectivity index (χ0n) is 11.0. The molecule has 2 heterocycles. The maximum Gasteiger partial charge on any atom is 0.184 e. The topological polar surface area (TPSA) is 78.9 Å². The summed E-state index contributed by atoms with van der Waals surface area (Å²) in [6, 6.07) is 4.20. The van der Waals surface area contributed by atoms with Crippen molar-refractivity contribution >= 4 is 5.69 Å². The van der Waals surface area contributed by atoms with Crippen LogP contribution in [0.5, 0.6) is 0 Å². The number of nitrogen functional groups attached to an aromatic ring is 1. The van der Waals surface area contributed by atoms with E-state index in [2.05, 4.69) is 15.5 Å². The number of halogens is 1. The van der Waals surface area contributed by atoms with E-state index in [4.69, 9.17) is 10.5 Å². The first-order valence-corrected chi connectivity index (χ1v) is 6.63. The zero-order valence-corrected chi connectivity index (χ0v) is 11.0. The van der Waals surface area contributed by atoms with Crippen LogP contribution >= 0.6 is 0 Å². The predicted molar refractivity (Wildman–Crippen MR) is 71.2 cm³/mol. The van der Waals surface area contributed by atoms with Gasteiger partial charge < -0.3 is 10.5 Å². The number of anilines is 1. The third kappa shape index (κ3) is 2.62. The number of hydrogen-bond acceptors (Lipinski definition) is 5. The van der Waals surface area contributed by atoms with E-state index in [1.54, 1.807) is 4.68 Å². The van der Waals surface area contributed by atoms with Gasteiger partial charge in [-0.1, -0.05) is 0 Å². The smallest absolute Gasteiger partial charge is 0.184 e. The van der Waals surface area contributed by atoms with Crippen LogP contribution in [0, 0.1) is 11.7 Å². The molecule has 1 unspecified atom stereocenters. The molecule has 2 N–H and O–H groups in total. The number of aryl methyl sites for hydroxylation is 1. The van der Waals surface area contributed by atoms with E-state index in [1.807, 2.05) is 0 Å². The number of nitrogens with two attached hydrogens (primary N) is 1. The second-order valence-corrected chi connectivity index (χ2v) is 4.98. The molecule has 0 spiro atoms. The van der Waals surface area contributed by atoms with Crippen molar-refractivity contribution in [2.24, 2.45) is 5.92 Å². The number of tetrazole rings is 1. The minimum absolute atomic E-state index is 0.354. The average Bonchev–Trinajstić information content (AvgIpc) is 3.09. The summed E-state index contributed by atoms with van der Waals surface area (Å²) in [5.41, 5.74) is 6.86. The minimum Gasteiger partial charge on any atom is -0.398 e. The van der Waals surface area contributed by atoms with Crippen LogP contribution in [0.4, 0.5) is 10.1 Å². The van der Waals surface area contributed by atoms with Crippen LogP contribution in [0.2, 0.25) is 0 Å². The van der Waals surface area contributed by atoms with Gasteiger partial charge in [0.1, 0.15) is 5.82 Å². The molecule has 1 aromatic carbocycles. The molecule has 0 bridgehead atoms. The minimum atomic E-state index is -0.354. The summed E-state index contributed by atoms with van der Waals surface area (Å²) in [6.07, 6.45) is 2.01. The Morgan fingerprint density at radius 2 is 2.35 bits per heavy atom. The molecule has 0 aliphatic carbocycles. The van der Waals surface area contributed by atoms with Crippen LogP contribution in [0.1, 0.15) is 12.8 Å². The monoisotopic (exact) mass is 277 g/mol. The van der Waals surface area contributed by atoms with Crippen molar-refractivity contribution in [1.29, 1.82) is 0 Å². The summed E-state index contributed by atoms with van der Waals surface area (Å²) in [6.45, 7) is 2.29. The molecule has 1 aromatic heterocycles. The van der Waals surface area contributed by atoms with Crippen LogP contribution < -0.4 is 5.73 Å². The lowest BCUT2D eigenvalue weighted by Gasteiger charge is -2.09. The molecule has 1 aliphatic rings. The normalized spacial score (nSPS) is 18.6. The molecular weight excluding hydrogens is 261 g/mol. The fraction of sp³-hybridized carbons (Fsp3) is 0.462. The average molecular weight is 277 g/mol. The quantitative estimate of drug-likeness (QED) is 0.856. The van der Waals surface area contributed by atoms with Crippen molar-refractivity contribution in [1.82, 2.24) is 20.2 Å². The maximum atomic E-state index is 13.4. The van der Waals surface area contributed by atoms with Gasteiger partial charge in [-0.25, -0.2) is 9.07 Å². The molecule has 1 atom stereocenters. The lowest BCUT2D eigenvalue weighted by Crippen LogP contribution is -2.09. The first kappa shape index (κ1) is 13.0. The van der Waals surface area contributed by atoms with E-state index in [9.17, 15) is 4.39 Å². The Labute approximate surface area is 115 Å². The maximum absolute atomic E-state index is 13.4. The van der Waals surface area contributed by atoms with E-state index < -0.39 is 0 Å². The number of nitrogens with zero attached hydrogens (tertiary/aromatic N) is 4. The van der Waals surface area contributed by atoms with Gasteiger partial charge in [0.2, 0.25) is 0 Å². The third-order valence-corrected chi connectivity index (χ3v) is 3.56. The molecule has 2 aromatic rings. The Kier molecular flexibility index (Phi) is 3.60. The van der Waals surface area contributed by atoms with Crippen LogP contribution in [-0.2, 0) is 11.3 Å². The number of benzene rings is 1. The molecular formula is C13H16FN5O.